The SMILES string of the molecule is CCc1ccc(C(=O)N2CCN3C(=O)[C@H](Cc4ccc(OC)cc4)NC(=O)[C@H]3C2)cc1. The highest BCUT2D eigenvalue weighted by Crippen LogP contribution is 2.21. The van der Waals surface area contributed by atoms with Crippen LogP contribution in [0.4, 0.5) is 0 Å². The summed E-state index contributed by atoms with van der Waals surface area (Å²) in [5, 5.41) is 2.86. The maximum absolute atomic E-state index is 13.0. The van der Waals surface area contributed by atoms with Crippen molar-refractivity contribution in [1.82, 2.24) is 15.1 Å². The molecule has 0 radical (unpaired) electrons. The molecule has 31 heavy (non-hydrogen) atoms. The van der Waals surface area contributed by atoms with E-state index in [1.807, 2.05) is 48.5 Å². The van der Waals surface area contributed by atoms with Gasteiger partial charge in [0.25, 0.3) is 5.91 Å². The lowest BCUT2D eigenvalue weighted by Crippen LogP contribution is -2.70. The Labute approximate surface area is 182 Å². The number of carbonyl (C=O) groups excluding carboxylic acids is 3. The number of methoxy groups -OCH3 is 1. The third-order valence-electron chi connectivity index (χ3n) is 6.08. The first-order chi connectivity index (χ1) is 15.0. The summed E-state index contributed by atoms with van der Waals surface area (Å²) >= 11 is 0. The largest absolute Gasteiger partial charge is 0.497 e. The molecule has 2 aromatic rings. The normalized spacial score (nSPS) is 20.8. The predicted octanol–water partition coefficient (Wildman–Crippen LogP) is 1.65. The summed E-state index contributed by atoms with van der Waals surface area (Å²) in [4.78, 5) is 42.0. The second-order valence-electron chi connectivity index (χ2n) is 7.96. The molecular weight excluding hydrogens is 394 g/mol. The summed E-state index contributed by atoms with van der Waals surface area (Å²) in [7, 11) is 1.60. The van der Waals surface area contributed by atoms with Crippen LogP contribution in [0.5, 0.6) is 5.75 Å². The average molecular weight is 421 g/mol. The van der Waals surface area contributed by atoms with Crippen molar-refractivity contribution in [2.75, 3.05) is 26.7 Å². The van der Waals surface area contributed by atoms with Crippen molar-refractivity contribution in [2.24, 2.45) is 0 Å². The van der Waals surface area contributed by atoms with Crippen molar-refractivity contribution in [1.29, 1.82) is 0 Å². The van der Waals surface area contributed by atoms with E-state index in [2.05, 4.69) is 12.2 Å². The predicted molar refractivity (Wildman–Crippen MR) is 116 cm³/mol. The third kappa shape index (κ3) is 4.26. The Kier molecular flexibility index (Phi) is 5.93. The molecular formula is C24H27N3O4. The molecule has 0 saturated carbocycles. The topological polar surface area (TPSA) is 79.0 Å². The van der Waals surface area contributed by atoms with Crippen molar-refractivity contribution in [3.05, 3.63) is 65.2 Å². The molecule has 2 saturated heterocycles. The molecule has 2 aliphatic heterocycles. The Morgan fingerprint density at radius 3 is 2.35 bits per heavy atom. The fourth-order valence-corrected chi connectivity index (χ4v) is 4.19. The second kappa shape index (κ2) is 8.79. The number of hydrogen-bond acceptors (Lipinski definition) is 4. The van der Waals surface area contributed by atoms with Gasteiger partial charge in [-0.05, 0) is 41.8 Å². The molecule has 2 aliphatic rings. The van der Waals surface area contributed by atoms with Crippen LogP contribution >= 0.6 is 0 Å². The number of fused-ring (bicyclic) bond motifs is 1. The monoisotopic (exact) mass is 421 g/mol. The van der Waals surface area contributed by atoms with Gasteiger partial charge in [-0.25, -0.2) is 0 Å². The van der Waals surface area contributed by atoms with Crippen LogP contribution < -0.4 is 10.1 Å². The molecule has 0 aromatic heterocycles. The molecule has 2 fully saturated rings. The molecule has 7 nitrogen and oxygen atoms in total. The number of ether oxygens (including phenoxy) is 1. The summed E-state index contributed by atoms with van der Waals surface area (Å²) in [6, 6.07) is 13.8. The van der Waals surface area contributed by atoms with Crippen LogP contribution in [0.15, 0.2) is 48.5 Å². The zero-order valence-electron chi connectivity index (χ0n) is 17.8. The van der Waals surface area contributed by atoms with Gasteiger partial charge < -0.3 is 19.9 Å². The molecule has 0 unspecified atom stereocenters. The summed E-state index contributed by atoms with van der Waals surface area (Å²) in [5.41, 5.74) is 2.72. The Hall–Kier alpha value is -3.35. The van der Waals surface area contributed by atoms with Crippen LogP contribution in [-0.4, -0.2) is 66.3 Å². The van der Waals surface area contributed by atoms with Crippen molar-refractivity contribution >= 4 is 17.7 Å². The summed E-state index contributed by atoms with van der Waals surface area (Å²) in [6.07, 6.45) is 1.33. The molecule has 1 N–H and O–H groups in total. The molecule has 2 heterocycles. The van der Waals surface area contributed by atoms with E-state index in [0.717, 1.165) is 17.7 Å². The minimum Gasteiger partial charge on any atom is -0.497 e. The highest BCUT2D eigenvalue weighted by atomic mass is 16.5. The van der Waals surface area contributed by atoms with Crippen molar-refractivity contribution in [2.45, 2.75) is 31.8 Å². The van der Waals surface area contributed by atoms with Crippen LogP contribution in [0.25, 0.3) is 0 Å². The Morgan fingerprint density at radius 1 is 1.03 bits per heavy atom. The molecule has 2 aromatic carbocycles. The van der Waals surface area contributed by atoms with Crippen molar-refractivity contribution < 1.29 is 19.1 Å². The quantitative estimate of drug-likeness (QED) is 0.796. The van der Waals surface area contributed by atoms with E-state index in [9.17, 15) is 14.4 Å². The number of hydrogen-bond donors (Lipinski definition) is 1. The molecule has 2 atom stereocenters. The molecule has 162 valence electrons. The van der Waals surface area contributed by atoms with Gasteiger partial charge in [0.15, 0.2) is 0 Å². The van der Waals surface area contributed by atoms with E-state index in [0.29, 0.717) is 25.1 Å². The fraction of sp³-hybridized carbons (Fsp3) is 0.375. The maximum atomic E-state index is 13.0. The zero-order chi connectivity index (χ0) is 22.0. The fourth-order valence-electron chi connectivity index (χ4n) is 4.19. The summed E-state index contributed by atoms with van der Waals surface area (Å²) in [6.45, 7) is 3.05. The number of aryl methyl sites for hydroxylation is 1. The van der Waals surface area contributed by atoms with Crippen LogP contribution in [0.2, 0.25) is 0 Å². The van der Waals surface area contributed by atoms with Crippen LogP contribution in [-0.2, 0) is 22.4 Å². The molecule has 3 amide bonds. The average Bonchev–Trinajstić information content (AvgIpc) is 2.82. The van der Waals surface area contributed by atoms with Gasteiger partial charge >= 0.3 is 0 Å². The van der Waals surface area contributed by atoms with Gasteiger partial charge in [-0.2, -0.15) is 0 Å². The first-order valence-corrected chi connectivity index (χ1v) is 10.6. The highest BCUT2D eigenvalue weighted by molar-refractivity contribution is 5.99. The van der Waals surface area contributed by atoms with Crippen LogP contribution in [0, 0.1) is 0 Å². The lowest BCUT2D eigenvalue weighted by atomic mass is 9.98. The van der Waals surface area contributed by atoms with Gasteiger partial charge in [0.05, 0.1) is 13.7 Å². The first kappa shape index (κ1) is 20.9. The van der Waals surface area contributed by atoms with E-state index >= 15 is 0 Å². The van der Waals surface area contributed by atoms with Gasteiger partial charge in [0.1, 0.15) is 17.8 Å². The standard InChI is InChI=1S/C24H27N3O4/c1-3-16-4-8-18(9-5-16)23(29)26-12-13-27-21(15-26)22(28)25-20(24(27)30)14-17-6-10-19(31-2)11-7-17/h4-11,20-21H,3,12-15H2,1-2H3,(H,25,28)/t20-,21+/m0/s1. The molecule has 7 heteroatoms. The number of rotatable bonds is 5. The van der Waals surface area contributed by atoms with E-state index in [4.69, 9.17) is 4.74 Å². The van der Waals surface area contributed by atoms with Crippen LogP contribution in [0.3, 0.4) is 0 Å². The van der Waals surface area contributed by atoms with Crippen molar-refractivity contribution in [3.63, 3.8) is 0 Å². The lowest BCUT2D eigenvalue weighted by Gasteiger charge is -2.45. The highest BCUT2D eigenvalue weighted by Gasteiger charge is 2.44. The van der Waals surface area contributed by atoms with E-state index in [1.54, 1.807) is 16.9 Å². The minimum atomic E-state index is -0.646. The minimum absolute atomic E-state index is 0.0974. The number of piperazine rings is 2. The Morgan fingerprint density at radius 2 is 1.71 bits per heavy atom. The summed E-state index contributed by atoms with van der Waals surface area (Å²) < 4.78 is 5.16. The van der Waals surface area contributed by atoms with Gasteiger partial charge in [-0.3, -0.25) is 14.4 Å². The zero-order valence-corrected chi connectivity index (χ0v) is 17.8. The van der Waals surface area contributed by atoms with E-state index < -0.39 is 12.1 Å². The smallest absolute Gasteiger partial charge is 0.253 e. The van der Waals surface area contributed by atoms with Gasteiger partial charge in [-0.15, -0.1) is 0 Å². The van der Waals surface area contributed by atoms with E-state index in [-0.39, 0.29) is 24.3 Å². The maximum Gasteiger partial charge on any atom is 0.253 e. The van der Waals surface area contributed by atoms with E-state index in [1.165, 1.54) is 5.56 Å². The van der Waals surface area contributed by atoms with Gasteiger partial charge in [0, 0.05) is 25.1 Å². The Bertz CT molecular complexity index is 971. The number of nitrogens with one attached hydrogen (secondary N) is 1. The second-order valence-corrected chi connectivity index (χ2v) is 7.96. The lowest BCUT2D eigenvalue weighted by molar-refractivity contribution is -0.152. The Balaban J connectivity index is 1.42. The number of carbonyl (C=O) groups is 3. The van der Waals surface area contributed by atoms with Gasteiger partial charge in [-0.1, -0.05) is 31.2 Å². The number of benzene rings is 2. The molecule has 0 bridgehead atoms. The first-order valence-electron chi connectivity index (χ1n) is 10.6. The van der Waals surface area contributed by atoms with Crippen LogP contribution in [0.1, 0.15) is 28.4 Å². The van der Waals surface area contributed by atoms with Gasteiger partial charge in [0.2, 0.25) is 11.8 Å². The number of amides is 3. The molecule has 0 aliphatic carbocycles. The summed E-state index contributed by atoms with van der Waals surface area (Å²) in [5.74, 6) is 0.326. The van der Waals surface area contributed by atoms with Crippen molar-refractivity contribution in [3.8, 4) is 5.75 Å². The number of nitrogens with zero attached hydrogens (tertiary/aromatic N) is 2. The molecule has 4 rings (SSSR count). The molecule has 0 spiro atoms. The third-order valence-corrected chi connectivity index (χ3v) is 6.08.